The summed E-state index contributed by atoms with van der Waals surface area (Å²) in [6.45, 7) is 20.5. The van der Waals surface area contributed by atoms with Gasteiger partial charge in [0, 0.05) is 0 Å². The summed E-state index contributed by atoms with van der Waals surface area (Å²) in [5.41, 5.74) is 3.39. The van der Waals surface area contributed by atoms with Crippen LogP contribution in [-0.4, -0.2) is 73.2 Å². The number of nitrogens with zero attached hydrogens (tertiary/aromatic N) is 4. The summed E-state index contributed by atoms with van der Waals surface area (Å²) in [5, 5.41) is 0. The Bertz CT molecular complexity index is 653. The van der Waals surface area contributed by atoms with Crippen LogP contribution in [0.1, 0.15) is 61.0 Å². The Hall–Kier alpha value is -0.441. The van der Waals surface area contributed by atoms with Crippen molar-refractivity contribution in [3.05, 3.63) is 29.8 Å². The average Bonchev–Trinajstić information content (AvgIpc) is 2.51. The molecule has 0 saturated heterocycles. The van der Waals surface area contributed by atoms with Crippen LogP contribution in [0.15, 0.2) is 29.3 Å². The summed E-state index contributed by atoms with van der Waals surface area (Å²) in [7, 11) is 4.24. The van der Waals surface area contributed by atoms with Gasteiger partial charge < -0.3 is 0 Å². The zero-order valence-electron chi connectivity index (χ0n) is 19.8. The first-order valence-corrected chi connectivity index (χ1v) is 14.3. The van der Waals surface area contributed by atoms with Gasteiger partial charge >= 0.3 is 182 Å². The first-order chi connectivity index (χ1) is 12.8. The quantitative estimate of drug-likeness (QED) is 0.210. The molecule has 0 radical (unpaired) electrons. The van der Waals surface area contributed by atoms with Crippen LogP contribution in [0.4, 0.5) is 5.69 Å². The molecule has 28 heavy (non-hydrogen) atoms. The van der Waals surface area contributed by atoms with Gasteiger partial charge in [0.05, 0.1) is 0 Å². The van der Waals surface area contributed by atoms with Crippen LogP contribution < -0.4 is 0 Å². The van der Waals surface area contributed by atoms with Crippen molar-refractivity contribution in [1.29, 1.82) is 0 Å². The van der Waals surface area contributed by atoms with Crippen molar-refractivity contribution in [3.8, 4) is 0 Å². The molecule has 0 aliphatic carbocycles. The van der Waals surface area contributed by atoms with Gasteiger partial charge in [0.15, 0.2) is 0 Å². The molecule has 0 N–H and O–H groups in total. The van der Waals surface area contributed by atoms with Crippen LogP contribution >= 0.6 is 5.81 Å². The zero-order valence-corrected chi connectivity index (χ0v) is 22.4. The van der Waals surface area contributed by atoms with E-state index in [1.807, 2.05) is 0 Å². The predicted molar refractivity (Wildman–Crippen MR) is 129 cm³/mol. The van der Waals surface area contributed by atoms with Crippen LogP contribution in [0.25, 0.3) is 0 Å². The molecule has 0 spiro atoms. The van der Waals surface area contributed by atoms with Crippen LogP contribution in [0.5, 0.6) is 0 Å². The van der Waals surface area contributed by atoms with Gasteiger partial charge in [-0.25, -0.2) is 0 Å². The molecule has 1 aromatic rings. The van der Waals surface area contributed by atoms with Crippen LogP contribution in [0.2, 0.25) is 0 Å². The van der Waals surface area contributed by atoms with E-state index in [4.69, 9.17) is 4.99 Å². The van der Waals surface area contributed by atoms with Gasteiger partial charge in [-0.3, -0.25) is 0 Å². The van der Waals surface area contributed by atoms with E-state index in [1.54, 1.807) is 0 Å². The first kappa shape index (κ1) is 25.6. The van der Waals surface area contributed by atoms with E-state index < -0.39 is 5.81 Å². The fraction of sp³-hybridized carbons (Fsp3) is 0.682. The minimum atomic E-state index is -2.04. The van der Waals surface area contributed by atoms with Gasteiger partial charge in [-0.1, -0.05) is 0 Å². The van der Waals surface area contributed by atoms with Gasteiger partial charge in [0.2, 0.25) is 0 Å². The number of aryl methyl sites for hydroxylation is 1. The van der Waals surface area contributed by atoms with E-state index in [0.717, 1.165) is 11.3 Å². The number of aliphatic imine (C=N–C) groups is 1. The molecule has 1 rings (SSSR count). The molecule has 0 aliphatic heterocycles. The summed E-state index contributed by atoms with van der Waals surface area (Å²) < 4.78 is 5.31. The second-order valence-corrected chi connectivity index (χ2v) is 14.4. The zero-order chi connectivity index (χ0) is 21.8. The Labute approximate surface area is 181 Å². The fourth-order valence-corrected chi connectivity index (χ4v) is 13.9. The third-order valence-corrected chi connectivity index (χ3v) is 12.2. The van der Waals surface area contributed by atoms with Crippen LogP contribution in [-0.2, 0) is 0 Å². The van der Waals surface area contributed by atoms with Crippen molar-refractivity contribution in [1.82, 2.24) is 14.2 Å². The molecular weight excluding hydrogens is 430 g/mol. The molecule has 160 valence electrons. The van der Waals surface area contributed by atoms with Gasteiger partial charge in [0.1, 0.15) is 0 Å². The number of hydrogen-bond acceptors (Lipinski definition) is 3. The summed E-state index contributed by atoms with van der Waals surface area (Å²) in [6.07, 6.45) is 0. The van der Waals surface area contributed by atoms with E-state index >= 15 is 0 Å². The molecule has 0 bridgehead atoms. The standard InChI is InChI=1S/C22H41N4PSe/c1-16(2)25(17(3)4)27(28,26(18(5)6)19(7)8)22(24(10)11)23-21-14-12-20(9)13-15-21/h12-19H,1-11H3. The molecule has 1 aromatic carbocycles. The topological polar surface area (TPSA) is 22.1 Å². The van der Waals surface area contributed by atoms with Crippen molar-refractivity contribution < 1.29 is 0 Å². The Balaban J connectivity index is 3.83. The summed E-state index contributed by atoms with van der Waals surface area (Å²) in [4.78, 5) is 7.43. The van der Waals surface area contributed by atoms with Crippen LogP contribution in [0.3, 0.4) is 0 Å². The Morgan fingerprint density at radius 3 is 1.43 bits per heavy atom. The second-order valence-electron chi connectivity index (χ2n) is 8.82. The number of benzene rings is 1. The van der Waals surface area contributed by atoms with Gasteiger partial charge in [-0.05, 0) is 0 Å². The summed E-state index contributed by atoms with van der Waals surface area (Å²) in [6, 6.07) is 10.1. The van der Waals surface area contributed by atoms with Crippen molar-refractivity contribution in [2.24, 2.45) is 4.99 Å². The minimum absolute atomic E-state index is 0.401. The molecule has 0 atom stereocenters. The van der Waals surface area contributed by atoms with E-state index in [0.29, 0.717) is 24.2 Å². The molecule has 6 heteroatoms. The third kappa shape index (κ3) is 5.80. The van der Waals surface area contributed by atoms with E-state index in [9.17, 15) is 0 Å². The second kappa shape index (κ2) is 10.5. The van der Waals surface area contributed by atoms with E-state index in [1.165, 1.54) is 5.56 Å². The average molecular weight is 472 g/mol. The fourth-order valence-electron chi connectivity index (χ4n) is 3.93. The number of hydrogen-bond donors (Lipinski definition) is 0. The summed E-state index contributed by atoms with van der Waals surface area (Å²) >= 11 is 3.72. The van der Waals surface area contributed by atoms with Gasteiger partial charge in [0.25, 0.3) is 0 Å². The van der Waals surface area contributed by atoms with Crippen molar-refractivity contribution in [2.75, 3.05) is 14.1 Å². The van der Waals surface area contributed by atoms with Crippen molar-refractivity contribution in [2.45, 2.75) is 86.5 Å². The van der Waals surface area contributed by atoms with Crippen molar-refractivity contribution in [3.63, 3.8) is 0 Å². The third-order valence-electron chi connectivity index (χ3n) is 4.67. The van der Waals surface area contributed by atoms with E-state index in [-0.39, 0.29) is 0 Å². The molecule has 0 unspecified atom stereocenters. The van der Waals surface area contributed by atoms with E-state index in [2.05, 4.69) is 130 Å². The SMILES string of the molecule is Cc1ccc(N=C(N(C)C)P(=[Se])(N(C(C)C)C(C)C)N(C(C)C)C(C)C)cc1. The molecule has 0 heterocycles. The molecule has 0 saturated carbocycles. The monoisotopic (exact) mass is 472 g/mol. The molecule has 4 nitrogen and oxygen atoms in total. The molecule has 0 aliphatic rings. The van der Waals surface area contributed by atoms with Gasteiger partial charge in [-0.15, -0.1) is 0 Å². The van der Waals surface area contributed by atoms with Gasteiger partial charge in [-0.2, -0.15) is 0 Å². The van der Waals surface area contributed by atoms with Crippen molar-refractivity contribution >= 4 is 32.2 Å². The molecule has 0 fully saturated rings. The van der Waals surface area contributed by atoms with Crippen LogP contribution in [0, 0.1) is 6.92 Å². The molecular formula is C22H41N4PSe. The maximum atomic E-state index is 5.22. The predicted octanol–water partition coefficient (Wildman–Crippen LogP) is 5.71. The molecule has 0 amide bonds. The Kier molecular flexibility index (Phi) is 9.64. The Morgan fingerprint density at radius 1 is 0.786 bits per heavy atom. The number of amidine groups is 1. The summed E-state index contributed by atoms with van der Waals surface area (Å²) in [5.74, 6) is -2.04. The first-order valence-electron chi connectivity index (χ1n) is 10.3. The molecule has 0 aromatic heterocycles. The maximum absolute atomic E-state index is 5.22. The normalized spacial score (nSPS) is 13.7. The number of rotatable bonds is 8. The Morgan fingerprint density at radius 2 is 1.14 bits per heavy atom.